The van der Waals surface area contributed by atoms with Gasteiger partial charge in [-0.2, -0.15) is 10.2 Å². The minimum absolute atomic E-state index is 0.165. The summed E-state index contributed by atoms with van der Waals surface area (Å²) in [5, 5.41) is 23.0. The lowest BCUT2D eigenvalue weighted by molar-refractivity contribution is -0.116. The van der Waals surface area contributed by atoms with E-state index in [1.165, 1.54) is 0 Å². The normalized spacial score (nSPS) is 16.3. The van der Waals surface area contributed by atoms with Crippen molar-refractivity contribution in [2.45, 2.75) is 50.4 Å². The molecule has 1 saturated carbocycles. The summed E-state index contributed by atoms with van der Waals surface area (Å²) in [4.78, 5) is 25.0. The van der Waals surface area contributed by atoms with E-state index in [1.54, 1.807) is 26.4 Å². The first kappa shape index (κ1) is 28.7. The number of nitrogens with zero attached hydrogens (tertiary/aromatic N) is 4. The molecule has 0 saturated heterocycles. The van der Waals surface area contributed by atoms with E-state index in [0.29, 0.717) is 23.1 Å². The zero-order valence-corrected chi connectivity index (χ0v) is 23.7. The molecule has 0 unspecified atom stereocenters. The molecule has 10 nitrogen and oxygen atoms in total. The van der Waals surface area contributed by atoms with Crippen molar-refractivity contribution in [1.29, 1.82) is 0 Å². The standard InChI is InChI=1S/C32H34N6O4/c1-41-25-10-3-6-21(16-25)18-31(39)33-29-14-12-27(35-37-29)23-8-5-9-24(20-23)28-13-15-30(38-36-28)34-32(40)19-22-7-4-11-26(17-22)42-2/h3-4,6-7,10-17,23-24H,5,8-9,18-20H2,1-2H3,(H,33,37,39)(H,34,38,40)/t23-,24-/m0/s1. The van der Waals surface area contributed by atoms with E-state index < -0.39 is 0 Å². The van der Waals surface area contributed by atoms with Gasteiger partial charge in [0.25, 0.3) is 0 Å². The summed E-state index contributed by atoms with van der Waals surface area (Å²) in [6.07, 6.45) is 4.38. The Labute approximate surface area is 244 Å². The van der Waals surface area contributed by atoms with Crippen LogP contribution < -0.4 is 20.1 Å². The maximum Gasteiger partial charge on any atom is 0.229 e. The van der Waals surface area contributed by atoms with Gasteiger partial charge in [0.05, 0.1) is 38.4 Å². The molecule has 2 amide bonds. The van der Waals surface area contributed by atoms with Crippen molar-refractivity contribution in [1.82, 2.24) is 20.4 Å². The van der Waals surface area contributed by atoms with E-state index in [9.17, 15) is 9.59 Å². The summed E-state index contributed by atoms with van der Waals surface area (Å²) in [5.74, 6) is 2.42. The Balaban J connectivity index is 1.13. The van der Waals surface area contributed by atoms with Crippen LogP contribution in [0.1, 0.15) is 60.0 Å². The van der Waals surface area contributed by atoms with E-state index in [1.807, 2.05) is 60.7 Å². The molecule has 1 fully saturated rings. The molecule has 216 valence electrons. The SMILES string of the molecule is COc1cccc(CC(=O)Nc2ccc([C@H]3CCC[C@H](c4ccc(NC(=O)Cc5cccc(OC)c5)nn4)C3)nn2)c1. The van der Waals surface area contributed by atoms with Crippen LogP contribution in [0.25, 0.3) is 0 Å². The summed E-state index contributed by atoms with van der Waals surface area (Å²) < 4.78 is 10.4. The number of methoxy groups -OCH3 is 2. The number of nitrogens with one attached hydrogen (secondary N) is 2. The lowest BCUT2D eigenvalue weighted by Gasteiger charge is -2.28. The Morgan fingerprint density at radius 1 is 0.690 bits per heavy atom. The predicted octanol–water partition coefficient (Wildman–Crippen LogP) is 5.09. The zero-order valence-electron chi connectivity index (χ0n) is 23.7. The average Bonchev–Trinajstić information content (AvgIpc) is 3.02. The van der Waals surface area contributed by atoms with E-state index in [2.05, 4.69) is 31.0 Å². The van der Waals surface area contributed by atoms with Gasteiger partial charge in [-0.3, -0.25) is 9.59 Å². The highest BCUT2D eigenvalue weighted by atomic mass is 16.5. The van der Waals surface area contributed by atoms with Crippen molar-refractivity contribution >= 4 is 23.5 Å². The molecule has 2 heterocycles. The number of benzene rings is 2. The van der Waals surface area contributed by atoms with Gasteiger partial charge in [-0.1, -0.05) is 30.7 Å². The van der Waals surface area contributed by atoms with Gasteiger partial charge in [0.1, 0.15) is 11.5 Å². The first-order valence-electron chi connectivity index (χ1n) is 14.0. The van der Waals surface area contributed by atoms with E-state index in [0.717, 1.165) is 48.2 Å². The van der Waals surface area contributed by atoms with Gasteiger partial charge in [-0.15, -0.1) is 10.2 Å². The maximum absolute atomic E-state index is 12.5. The van der Waals surface area contributed by atoms with Crippen molar-refractivity contribution in [3.05, 3.63) is 95.3 Å². The summed E-state index contributed by atoms with van der Waals surface area (Å²) in [7, 11) is 3.20. The molecule has 0 spiro atoms. The monoisotopic (exact) mass is 566 g/mol. The quantitative estimate of drug-likeness (QED) is 0.272. The predicted molar refractivity (Wildman–Crippen MR) is 159 cm³/mol. The molecular weight excluding hydrogens is 532 g/mol. The minimum atomic E-state index is -0.165. The summed E-state index contributed by atoms with van der Waals surface area (Å²) in [6.45, 7) is 0. The highest BCUT2D eigenvalue weighted by Crippen LogP contribution is 2.40. The Kier molecular flexibility index (Phi) is 9.33. The van der Waals surface area contributed by atoms with Gasteiger partial charge >= 0.3 is 0 Å². The highest BCUT2D eigenvalue weighted by Gasteiger charge is 2.27. The Bertz CT molecular complexity index is 1400. The molecule has 0 bridgehead atoms. The molecule has 10 heteroatoms. The van der Waals surface area contributed by atoms with Crippen LogP contribution in [-0.4, -0.2) is 46.4 Å². The Morgan fingerprint density at radius 3 is 1.57 bits per heavy atom. The van der Waals surface area contributed by atoms with Crippen molar-refractivity contribution in [3.8, 4) is 11.5 Å². The number of rotatable bonds is 10. The number of ether oxygens (including phenoxy) is 2. The molecule has 0 aliphatic heterocycles. The second-order valence-corrected chi connectivity index (χ2v) is 10.4. The fourth-order valence-corrected chi connectivity index (χ4v) is 5.29. The van der Waals surface area contributed by atoms with Crippen molar-refractivity contribution in [2.24, 2.45) is 0 Å². The first-order chi connectivity index (χ1) is 20.5. The number of anilines is 2. The van der Waals surface area contributed by atoms with E-state index in [-0.39, 0.29) is 36.5 Å². The molecular formula is C32H34N6O4. The average molecular weight is 567 g/mol. The second kappa shape index (κ2) is 13.7. The van der Waals surface area contributed by atoms with E-state index in [4.69, 9.17) is 9.47 Å². The van der Waals surface area contributed by atoms with Gasteiger partial charge in [-0.25, -0.2) is 0 Å². The van der Waals surface area contributed by atoms with Crippen LogP contribution in [0.4, 0.5) is 11.6 Å². The first-order valence-corrected chi connectivity index (χ1v) is 14.0. The smallest absolute Gasteiger partial charge is 0.229 e. The largest absolute Gasteiger partial charge is 0.497 e. The number of carbonyl (C=O) groups is 2. The number of hydrogen-bond acceptors (Lipinski definition) is 8. The third kappa shape index (κ3) is 7.66. The lowest BCUT2D eigenvalue weighted by atomic mass is 9.78. The lowest BCUT2D eigenvalue weighted by Crippen LogP contribution is -2.18. The molecule has 2 N–H and O–H groups in total. The topological polar surface area (TPSA) is 128 Å². The van der Waals surface area contributed by atoms with Crippen molar-refractivity contribution in [2.75, 3.05) is 24.9 Å². The minimum Gasteiger partial charge on any atom is -0.497 e. The third-order valence-corrected chi connectivity index (χ3v) is 7.41. The van der Waals surface area contributed by atoms with Gasteiger partial charge in [-0.05, 0) is 78.9 Å². The summed E-state index contributed by atoms with van der Waals surface area (Å²) in [5.41, 5.74) is 3.52. The van der Waals surface area contributed by atoms with Crippen LogP contribution in [0.3, 0.4) is 0 Å². The molecule has 0 radical (unpaired) electrons. The van der Waals surface area contributed by atoms with Crippen LogP contribution in [0, 0.1) is 0 Å². The van der Waals surface area contributed by atoms with Crippen LogP contribution >= 0.6 is 0 Å². The van der Waals surface area contributed by atoms with Gasteiger partial charge in [0.2, 0.25) is 11.8 Å². The molecule has 1 aliphatic rings. The number of carbonyl (C=O) groups excluding carboxylic acids is 2. The summed E-state index contributed by atoms with van der Waals surface area (Å²) in [6, 6.07) is 22.3. The molecule has 4 aromatic rings. The Hall–Kier alpha value is -4.86. The third-order valence-electron chi connectivity index (χ3n) is 7.41. The molecule has 2 aromatic carbocycles. The van der Waals surface area contributed by atoms with Crippen LogP contribution in [-0.2, 0) is 22.4 Å². The molecule has 5 rings (SSSR count). The fraction of sp³-hybridized carbons (Fsp3) is 0.312. The van der Waals surface area contributed by atoms with Crippen LogP contribution in [0.15, 0.2) is 72.8 Å². The van der Waals surface area contributed by atoms with Crippen LogP contribution in [0.2, 0.25) is 0 Å². The molecule has 2 atom stereocenters. The zero-order chi connectivity index (χ0) is 29.3. The highest BCUT2D eigenvalue weighted by molar-refractivity contribution is 5.91. The Morgan fingerprint density at radius 2 is 1.17 bits per heavy atom. The number of aromatic nitrogens is 4. The molecule has 42 heavy (non-hydrogen) atoms. The van der Waals surface area contributed by atoms with Gasteiger partial charge < -0.3 is 20.1 Å². The fourth-order valence-electron chi connectivity index (χ4n) is 5.29. The maximum atomic E-state index is 12.5. The van der Waals surface area contributed by atoms with Crippen molar-refractivity contribution < 1.29 is 19.1 Å². The van der Waals surface area contributed by atoms with Crippen molar-refractivity contribution in [3.63, 3.8) is 0 Å². The van der Waals surface area contributed by atoms with E-state index >= 15 is 0 Å². The van der Waals surface area contributed by atoms with Gasteiger partial charge in [0, 0.05) is 11.8 Å². The molecule has 2 aromatic heterocycles. The second-order valence-electron chi connectivity index (χ2n) is 10.4. The summed E-state index contributed by atoms with van der Waals surface area (Å²) >= 11 is 0. The molecule has 1 aliphatic carbocycles. The van der Waals surface area contributed by atoms with Crippen LogP contribution in [0.5, 0.6) is 11.5 Å². The number of amides is 2. The van der Waals surface area contributed by atoms with Gasteiger partial charge in [0.15, 0.2) is 11.6 Å². The number of hydrogen-bond donors (Lipinski definition) is 2.